The number of rotatable bonds is 0. The van der Waals surface area contributed by atoms with Gasteiger partial charge in [-0.25, -0.2) is 15.8 Å². The minimum Gasteiger partial charge on any atom is -0.696 e. The molecule has 70 valence electrons. The van der Waals surface area contributed by atoms with Gasteiger partial charge in [-0.3, -0.25) is 0 Å². The van der Waals surface area contributed by atoms with E-state index in [0.29, 0.717) is 0 Å². The second-order valence-electron chi connectivity index (χ2n) is 0.274. The van der Waals surface area contributed by atoms with Gasteiger partial charge in [-0.1, -0.05) is 16.2 Å². The Bertz CT molecular complexity index is 120. The Morgan fingerprint density at radius 1 is 0.667 bits per heavy atom. The Balaban J connectivity index is -0.00000001000. The topological polar surface area (TPSA) is 134 Å². The molecule has 0 heterocycles. The molecule has 0 amide bonds. The normalized spacial score (nSPS) is 1.75. The molecule has 5 nitrogen and oxygen atoms in total. The van der Waals surface area contributed by atoms with Crippen LogP contribution < -0.4 is 0 Å². The molecule has 0 aliphatic heterocycles. The zero-order valence-electron chi connectivity index (χ0n) is 5.40. The van der Waals surface area contributed by atoms with Crippen LogP contribution in [0, 0.1) is 32.0 Å². The molecule has 0 aromatic rings. The molecule has 0 saturated carbocycles. The van der Waals surface area contributed by atoms with Crippen LogP contribution in [-0.4, -0.2) is 11.0 Å². The fourth-order valence-corrected chi connectivity index (χ4v) is 0. The van der Waals surface area contributed by atoms with E-state index in [1.807, 2.05) is 0 Å². The molecule has 0 unspecified atom stereocenters. The number of hydrogen-bond acceptors (Lipinski definition) is 6. The third-order valence-electron chi connectivity index (χ3n) is 0. The van der Waals surface area contributed by atoms with E-state index in [-0.39, 0.29) is 27.7 Å². The number of thiocyanates is 3. The summed E-state index contributed by atoms with van der Waals surface area (Å²) in [6, 6.07) is 0. The molecule has 0 saturated heterocycles. The van der Waals surface area contributed by atoms with Gasteiger partial charge in [0.25, 0.3) is 0 Å². The second kappa shape index (κ2) is 148. The predicted octanol–water partition coefficient (Wildman–Crippen LogP) is -1.61. The molecule has 0 aromatic carbocycles. The van der Waals surface area contributed by atoms with Crippen LogP contribution >= 0.6 is 0 Å². The molecule has 0 atom stereocenters. The number of nitriles is 3. The molecule has 0 bridgehead atoms. The predicted molar refractivity (Wildman–Crippen MR) is 46.2 cm³/mol. The number of hydrogen-bond donors (Lipinski definition) is 0. The van der Waals surface area contributed by atoms with Gasteiger partial charge in [-0.2, -0.15) is 0 Å². The zero-order valence-corrected chi connectivity index (χ0v) is 8.89. The van der Waals surface area contributed by atoms with Crippen LogP contribution in [0.2, 0.25) is 0 Å². The monoisotopic (exact) mass is 269 g/mol. The van der Waals surface area contributed by atoms with Gasteiger partial charge in [-0.15, -0.1) is 0 Å². The molecule has 0 aliphatic carbocycles. The third kappa shape index (κ3) is 3560. The van der Waals surface area contributed by atoms with Gasteiger partial charge in [0, 0.05) is 0 Å². The second-order valence-corrected chi connectivity index (χ2v) is 0.822. The molecule has 0 fully saturated rings. The van der Waals surface area contributed by atoms with Crippen LogP contribution in [0.1, 0.15) is 0 Å². The molecule has 0 aliphatic rings. The maximum absolute atomic E-state index is 7.13. The SMILES string of the molecule is N#C[S-].N#C[S-].N#C[S-].O.O.[Co+3]. The number of nitrogens with zero attached hydrogens (tertiary/aromatic N) is 3. The van der Waals surface area contributed by atoms with Crippen LogP contribution in [0.5, 0.6) is 0 Å². The maximum Gasteiger partial charge on any atom is 3.00 e. The van der Waals surface area contributed by atoms with Crippen LogP contribution in [0.4, 0.5) is 0 Å². The molecule has 0 radical (unpaired) electrons. The standard InChI is InChI=1S/3CHNS.Co.2H2O/c3*2-1-3;;;/h3*3H;;2*1H2/q;;;+3;;/p-3. The molecule has 0 spiro atoms. The van der Waals surface area contributed by atoms with Gasteiger partial charge >= 0.3 is 16.8 Å². The summed E-state index contributed by atoms with van der Waals surface area (Å²) >= 11 is 11.1. The summed E-state index contributed by atoms with van der Waals surface area (Å²) in [5.41, 5.74) is 0. The van der Waals surface area contributed by atoms with Gasteiger partial charge < -0.3 is 48.8 Å². The Hall–Kier alpha value is -0.444. The minimum absolute atomic E-state index is 0. The van der Waals surface area contributed by atoms with Crippen molar-refractivity contribution in [3.8, 4) is 16.2 Å². The summed E-state index contributed by atoms with van der Waals surface area (Å²) in [6.07, 6.45) is 0. The average molecular weight is 269 g/mol. The molecule has 0 aromatic heterocycles. The van der Waals surface area contributed by atoms with Crippen LogP contribution in [0.25, 0.3) is 0 Å². The maximum atomic E-state index is 7.13. The van der Waals surface area contributed by atoms with E-state index in [2.05, 4.69) is 37.9 Å². The summed E-state index contributed by atoms with van der Waals surface area (Å²) in [4.78, 5) is 0. The fourth-order valence-electron chi connectivity index (χ4n) is 0. The first kappa shape index (κ1) is 41.7. The first-order valence-electron chi connectivity index (χ1n) is 1.28. The quantitative estimate of drug-likeness (QED) is 0.383. The van der Waals surface area contributed by atoms with Crippen molar-refractivity contribution < 1.29 is 27.7 Å². The summed E-state index contributed by atoms with van der Waals surface area (Å²) in [7, 11) is 0. The van der Waals surface area contributed by atoms with Crippen molar-refractivity contribution in [1.29, 1.82) is 15.8 Å². The molecule has 12 heavy (non-hydrogen) atoms. The van der Waals surface area contributed by atoms with Crippen molar-refractivity contribution in [2.45, 2.75) is 0 Å². The first-order chi connectivity index (χ1) is 4.24. The minimum atomic E-state index is 0. The van der Waals surface area contributed by atoms with Gasteiger partial charge in [0.05, 0.1) is 0 Å². The summed E-state index contributed by atoms with van der Waals surface area (Å²) < 4.78 is 0. The molecular weight excluding hydrogens is 265 g/mol. The van der Waals surface area contributed by atoms with Crippen LogP contribution in [0.3, 0.4) is 0 Å². The van der Waals surface area contributed by atoms with Gasteiger partial charge in [0.15, 0.2) is 0 Å². The van der Waals surface area contributed by atoms with E-state index in [1.165, 1.54) is 16.2 Å². The van der Waals surface area contributed by atoms with Gasteiger partial charge in [0.2, 0.25) is 0 Å². The third-order valence-corrected chi connectivity index (χ3v) is 0. The van der Waals surface area contributed by atoms with Crippen molar-refractivity contribution in [1.82, 2.24) is 0 Å². The van der Waals surface area contributed by atoms with Crippen molar-refractivity contribution in [3.63, 3.8) is 0 Å². The van der Waals surface area contributed by atoms with E-state index < -0.39 is 0 Å². The summed E-state index contributed by atoms with van der Waals surface area (Å²) in [5.74, 6) is 0. The first-order valence-corrected chi connectivity index (χ1v) is 2.51. The Labute approximate surface area is 97.4 Å². The van der Waals surface area contributed by atoms with Crippen molar-refractivity contribution >= 4 is 37.9 Å². The Morgan fingerprint density at radius 2 is 0.667 bits per heavy atom. The van der Waals surface area contributed by atoms with Gasteiger partial charge in [-0.05, 0) is 0 Å². The van der Waals surface area contributed by atoms with Gasteiger partial charge in [0.1, 0.15) is 0 Å². The van der Waals surface area contributed by atoms with Crippen molar-refractivity contribution in [3.05, 3.63) is 0 Å². The summed E-state index contributed by atoms with van der Waals surface area (Å²) in [6.45, 7) is 0. The largest absolute Gasteiger partial charge is 3.00 e. The smallest absolute Gasteiger partial charge is 0.696 e. The van der Waals surface area contributed by atoms with Crippen LogP contribution in [-0.2, 0) is 54.7 Å². The molecule has 0 rings (SSSR count). The fraction of sp³-hybridized carbons (Fsp3) is 0. The Kier molecular flexibility index (Phi) is 513. The molecular formula is C3H4CoN3O2S3. The van der Waals surface area contributed by atoms with E-state index in [9.17, 15) is 0 Å². The van der Waals surface area contributed by atoms with Crippen molar-refractivity contribution in [2.24, 2.45) is 0 Å². The van der Waals surface area contributed by atoms with Crippen molar-refractivity contribution in [2.75, 3.05) is 0 Å². The Morgan fingerprint density at radius 3 is 0.667 bits per heavy atom. The average Bonchev–Trinajstić information content (AvgIpc) is 1.70. The van der Waals surface area contributed by atoms with E-state index in [4.69, 9.17) is 15.8 Å². The summed E-state index contributed by atoms with van der Waals surface area (Å²) in [5, 5.41) is 25.4. The zero-order chi connectivity index (χ0) is 8.12. The van der Waals surface area contributed by atoms with E-state index in [1.54, 1.807) is 0 Å². The molecule has 4 N–H and O–H groups in total. The molecule has 9 heteroatoms. The van der Waals surface area contributed by atoms with E-state index in [0.717, 1.165) is 0 Å². The van der Waals surface area contributed by atoms with Crippen LogP contribution in [0.15, 0.2) is 0 Å². The van der Waals surface area contributed by atoms with E-state index >= 15 is 0 Å².